The van der Waals surface area contributed by atoms with Crippen LogP contribution in [0.5, 0.6) is 0 Å². The molecule has 7 heteroatoms. The molecule has 1 aromatic carbocycles. The molecule has 0 unspecified atom stereocenters. The Morgan fingerprint density at radius 3 is 2.87 bits per heavy atom. The van der Waals surface area contributed by atoms with Gasteiger partial charge in [0.2, 0.25) is 0 Å². The molecule has 23 heavy (non-hydrogen) atoms. The molecule has 0 spiro atoms. The van der Waals surface area contributed by atoms with Crippen molar-refractivity contribution in [1.82, 2.24) is 15.7 Å². The number of benzene rings is 1. The van der Waals surface area contributed by atoms with E-state index >= 15 is 0 Å². The van der Waals surface area contributed by atoms with Crippen LogP contribution in [0.4, 0.5) is 0 Å². The van der Waals surface area contributed by atoms with E-state index in [1.54, 1.807) is 12.3 Å². The average Bonchev–Trinajstić information content (AvgIpc) is 3.02. The lowest BCUT2D eigenvalue weighted by molar-refractivity contribution is 0.624. The van der Waals surface area contributed by atoms with Gasteiger partial charge in [0, 0.05) is 17.0 Å². The van der Waals surface area contributed by atoms with Crippen molar-refractivity contribution in [2.24, 2.45) is 5.10 Å². The highest BCUT2D eigenvalue weighted by atomic mass is 35.5. The Morgan fingerprint density at radius 2 is 2.09 bits per heavy atom. The fraction of sp³-hybridized carbons (Fsp3) is 0.312. The quantitative estimate of drug-likeness (QED) is 0.368. The van der Waals surface area contributed by atoms with Crippen LogP contribution in [0.25, 0.3) is 10.9 Å². The first-order chi connectivity index (χ1) is 11.1. The van der Waals surface area contributed by atoms with Crippen molar-refractivity contribution in [3.63, 3.8) is 0 Å². The molecule has 0 radical (unpaired) electrons. The van der Waals surface area contributed by atoms with E-state index in [1.165, 1.54) is 12.8 Å². The van der Waals surface area contributed by atoms with Crippen molar-refractivity contribution < 1.29 is 0 Å². The van der Waals surface area contributed by atoms with E-state index in [0.717, 1.165) is 18.2 Å². The number of thiocarbonyl (C=S) groups is 1. The predicted molar refractivity (Wildman–Crippen MR) is 100 cm³/mol. The largest absolute Gasteiger partial charge is 0.359 e. The summed E-state index contributed by atoms with van der Waals surface area (Å²) in [5.41, 5.74) is 4.21. The van der Waals surface area contributed by atoms with Gasteiger partial charge in [-0.15, -0.1) is 0 Å². The number of fused-ring (bicyclic) bond motifs is 1. The van der Waals surface area contributed by atoms with Crippen molar-refractivity contribution >= 4 is 57.6 Å². The smallest absolute Gasteiger partial charge is 0.187 e. The number of halogens is 2. The fourth-order valence-corrected chi connectivity index (χ4v) is 3.33. The highest BCUT2D eigenvalue weighted by Crippen LogP contribution is 2.25. The monoisotopic (exact) mass is 366 g/mol. The average molecular weight is 367 g/mol. The summed E-state index contributed by atoms with van der Waals surface area (Å²) in [7, 11) is 0. The Labute approximate surface area is 150 Å². The van der Waals surface area contributed by atoms with Crippen LogP contribution in [0.1, 0.15) is 31.2 Å². The van der Waals surface area contributed by atoms with Crippen molar-refractivity contribution in [2.75, 3.05) is 0 Å². The van der Waals surface area contributed by atoms with Crippen molar-refractivity contribution in [2.45, 2.75) is 31.7 Å². The van der Waals surface area contributed by atoms with Gasteiger partial charge in [-0.3, -0.25) is 5.43 Å². The standard InChI is InChI=1S/C16H16Cl2N4S/c17-13-7-3-4-10-8-11(15(18)21-14(10)13)9-19-22-16(23)20-12-5-1-2-6-12/h3-4,7-9,12H,1-2,5-6H2,(H2,20,22,23)/b19-9+. The maximum atomic E-state index is 6.19. The van der Waals surface area contributed by atoms with Crippen LogP contribution in [0.3, 0.4) is 0 Å². The molecule has 0 aliphatic heterocycles. The first kappa shape index (κ1) is 16.4. The number of nitrogens with one attached hydrogen (secondary N) is 2. The normalized spacial score (nSPS) is 15.4. The highest BCUT2D eigenvalue weighted by molar-refractivity contribution is 7.80. The van der Waals surface area contributed by atoms with E-state index in [0.29, 0.717) is 32.4 Å². The van der Waals surface area contributed by atoms with Crippen molar-refractivity contribution in [3.8, 4) is 0 Å². The Morgan fingerprint density at radius 1 is 1.30 bits per heavy atom. The van der Waals surface area contributed by atoms with Crippen molar-refractivity contribution in [3.05, 3.63) is 40.0 Å². The third kappa shape index (κ3) is 4.10. The number of para-hydroxylation sites is 1. The number of hydrogen-bond donors (Lipinski definition) is 2. The number of nitrogens with zero attached hydrogens (tertiary/aromatic N) is 2. The molecule has 0 amide bonds. The molecule has 1 aromatic heterocycles. The molecule has 120 valence electrons. The zero-order valence-corrected chi connectivity index (χ0v) is 14.7. The molecule has 2 N–H and O–H groups in total. The molecule has 1 saturated carbocycles. The van der Waals surface area contributed by atoms with Crippen LogP contribution in [0.15, 0.2) is 29.4 Å². The van der Waals surface area contributed by atoms with Gasteiger partial charge in [-0.1, -0.05) is 48.2 Å². The highest BCUT2D eigenvalue weighted by Gasteiger charge is 2.15. The molecule has 0 bridgehead atoms. The van der Waals surface area contributed by atoms with Gasteiger partial charge in [-0.25, -0.2) is 4.98 Å². The summed E-state index contributed by atoms with van der Waals surface area (Å²) in [6.45, 7) is 0. The van der Waals surface area contributed by atoms with Crippen LogP contribution in [0.2, 0.25) is 10.2 Å². The molecular weight excluding hydrogens is 351 g/mol. The van der Waals surface area contributed by atoms with Crippen LogP contribution >= 0.6 is 35.4 Å². The molecule has 1 aliphatic rings. The summed E-state index contributed by atoms with van der Waals surface area (Å²) in [5, 5.41) is 9.77. The fourth-order valence-electron chi connectivity index (χ4n) is 2.70. The van der Waals surface area contributed by atoms with Crippen molar-refractivity contribution in [1.29, 1.82) is 0 Å². The third-order valence-corrected chi connectivity index (χ3v) is 4.65. The molecule has 1 fully saturated rings. The van der Waals surface area contributed by atoms with Gasteiger partial charge in [0.25, 0.3) is 0 Å². The first-order valence-electron chi connectivity index (χ1n) is 7.48. The van der Waals surface area contributed by atoms with Gasteiger partial charge in [-0.05, 0) is 37.2 Å². The van der Waals surface area contributed by atoms with E-state index in [-0.39, 0.29) is 0 Å². The van der Waals surface area contributed by atoms with Crippen LogP contribution in [-0.4, -0.2) is 22.4 Å². The maximum Gasteiger partial charge on any atom is 0.187 e. The molecule has 0 saturated heterocycles. The van der Waals surface area contributed by atoms with E-state index in [9.17, 15) is 0 Å². The zero-order chi connectivity index (χ0) is 16.2. The lowest BCUT2D eigenvalue weighted by Gasteiger charge is -2.13. The SMILES string of the molecule is S=C(N/N=C/c1cc2cccc(Cl)c2nc1Cl)NC1CCCC1. The Balaban J connectivity index is 1.68. The molecule has 1 heterocycles. The molecule has 0 atom stereocenters. The van der Waals surface area contributed by atoms with E-state index in [1.807, 2.05) is 18.2 Å². The van der Waals surface area contributed by atoms with Gasteiger partial charge in [-0.2, -0.15) is 5.10 Å². The Kier molecular flexibility index (Phi) is 5.30. The van der Waals surface area contributed by atoms with Crippen LogP contribution in [-0.2, 0) is 0 Å². The molecule has 1 aliphatic carbocycles. The Hall–Kier alpha value is -1.43. The lowest BCUT2D eigenvalue weighted by atomic mass is 10.2. The van der Waals surface area contributed by atoms with Crippen LogP contribution < -0.4 is 10.7 Å². The summed E-state index contributed by atoms with van der Waals surface area (Å²) in [6.07, 6.45) is 6.44. The Bertz CT molecular complexity index is 757. The molecule has 4 nitrogen and oxygen atoms in total. The van der Waals surface area contributed by atoms with E-state index in [4.69, 9.17) is 35.4 Å². The summed E-state index contributed by atoms with van der Waals surface area (Å²) in [4.78, 5) is 4.32. The van der Waals surface area contributed by atoms with Gasteiger partial charge in [0.15, 0.2) is 5.11 Å². The lowest BCUT2D eigenvalue weighted by Crippen LogP contribution is -2.38. The number of hydrogen-bond acceptors (Lipinski definition) is 3. The third-order valence-electron chi connectivity index (χ3n) is 3.84. The summed E-state index contributed by atoms with van der Waals surface area (Å²) in [6, 6.07) is 7.95. The first-order valence-corrected chi connectivity index (χ1v) is 8.64. The predicted octanol–water partition coefficient (Wildman–Crippen LogP) is 4.28. The molecular formula is C16H16Cl2N4S. The second kappa shape index (κ2) is 7.43. The maximum absolute atomic E-state index is 6.19. The van der Waals surface area contributed by atoms with Gasteiger partial charge in [0.05, 0.1) is 16.8 Å². The number of pyridine rings is 1. The minimum absolute atomic E-state index is 0.353. The number of aromatic nitrogens is 1. The summed E-state index contributed by atoms with van der Waals surface area (Å²) in [5.74, 6) is 0. The zero-order valence-electron chi connectivity index (χ0n) is 12.4. The molecule has 2 aromatic rings. The minimum Gasteiger partial charge on any atom is -0.359 e. The van der Waals surface area contributed by atoms with Gasteiger partial charge in [0.1, 0.15) is 5.15 Å². The van der Waals surface area contributed by atoms with E-state index < -0.39 is 0 Å². The second-order valence-corrected chi connectivity index (χ2v) is 6.68. The van der Waals surface area contributed by atoms with Gasteiger partial charge < -0.3 is 5.32 Å². The topological polar surface area (TPSA) is 49.3 Å². The second-order valence-electron chi connectivity index (χ2n) is 5.50. The molecule has 3 rings (SSSR count). The van der Waals surface area contributed by atoms with E-state index in [2.05, 4.69) is 20.8 Å². The minimum atomic E-state index is 0.353. The number of hydrazone groups is 1. The number of rotatable bonds is 3. The summed E-state index contributed by atoms with van der Waals surface area (Å²) < 4.78 is 0. The van der Waals surface area contributed by atoms with Gasteiger partial charge >= 0.3 is 0 Å². The van der Waals surface area contributed by atoms with Crippen LogP contribution in [0, 0.1) is 0 Å². The summed E-state index contributed by atoms with van der Waals surface area (Å²) >= 11 is 17.5.